The molecule has 0 saturated carbocycles. The maximum absolute atomic E-state index is 5.52. The van der Waals surface area contributed by atoms with Crippen LogP contribution in [0.15, 0.2) is 25.6 Å². The molecule has 0 aromatic carbocycles. The summed E-state index contributed by atoms with van der Waals surface area (Å²) in [5, 5.41) is 11.3. The first-order valence-corrected chi connectivity index (χ1v) is 6.56. The van der Waals surface area contributed by atoms with E-state index in [2.05, 4.69) is 52.2 Å². The van der Waals surface area contributed by atoms with Crippen molar-refractivity contribution in [2.24, 2.45) is 0 Å². The van der Waals surface area contributed by atoms with Gasteiger partial charge in [0.2, 0.25) is 5.89 Å². The van der Waals surface area contributed by atoms with E-state index in [9.17, 15) is 0 Å². The van der Waals surface area contributed by atoms with Gasteiger partial charge in [0, 0.05) is 18.5 Å². The van der Waals surface area contributed by atoms with E-state index >= 15 is 0 Å². The molecule has 5 nitrogen and oxygen atoms in total. The summed E-state index contributed by atoms with van der Waals surface area (Å²) in [7, 11) is 0. The third-order valence-corrected chi connectivity index (χ3v) is 2.67. The summed E-state index contributed by atoms with van der Waals surface area (Å²) in [6, 6.07) is 3.58. The lowest BCUT2D eigenvalue weighted by Crippen LogP contribution is -2.37. The van der Waals surface area contributed by atoms with Crippen LogP contribution in [0.1, 0.15) is 26.7 Å². The van der Waals surface area contributed by atoms with Crippen molar-refractivity contribution < 1.29 is 8.83 Å². The third-order valence-electron chi connectivity index (χ3n) is 2.25. The Morgan fingerprint density at radius 2 is 2.00 bits per heavy atom. The van der Waals surface area contributed by atoms with Crippen molar-refractivity contribution in [3.05, 3.63) is 22.7 Å². The predicted molar refractivity (Wildman–Crippen MR) is 71.2 cm³/mol. The molecule has 0 amide bonds. The molecule has 2 aromatic heterocycles. The van der Waals surface area contributed by atoms with Crippen LogP contribution in [0.4, 0.5) is 0 Å². The van der Waals surface area contributed by atoms with Gasteiger partial charge in [0.25, 0.3) is 5.89 Å². The molecule has 18 heavy (non-hydrogen) atoms. The minimum Gasteiger partial charge on any atom is -0.444 e. The minimum absolute atomic E-state index is 0.0920. The van der Waals surface area contributed by atoms with Crippen LogP contribution < -0.4 is 5.32 Å². The average Bonchev–Trinajstić information content (AvgIpc) is 2.85. The molecule has 0 spiro atoms. The van der Waals surface area contributed by atoms with Crippen molar-refractivity contribution in [3.63, 3.8) is 0 Å². The summed E-state index contributed by atoms with van der Waals surface area (Å²) in [6.45, 7) is 7.15. The van der Waals surface area contributed by atoms with Crippen LogP contribution in [0.5, 0.6) is 0 Å². The fraction of sp³-hybridized carbons (Fsp3) is 0.500. The molecule has 0 saturated heterocycles. The molecule has 1 N–H and O–H groups in total. The first kappa shape index (κ1) is 13.3. The number of furan rings is 1. The van der Waals surface area contributed by atoms with Gasteiger partial charge < -0.3 is 14.2 Å². The summed E-state index contributed by atoms with van der Waals surface area (Å²) >= 11 is 3.23. The van der Waals surface area contributed by atoms with E-state index < -0.39 is 0 Å². The summed E-state index contributed by atoms with van der Waals surface area (Å²) in [5.41, 5.74) is 0.0920. The lowest BCUT2D eigenvalue weighted by Gasteiger charge is -2.19. The molecule has 6 heteroatoms. The van der Waals surface area contributed by atoms with Crippen LogP contribution >= 0.6 is 15.9 Å². The highest BCUT2D eigenvalue weighted by molar-refractivity contribution is 9.10. The van der Waals surface area contributed by atoms with E-state index in [-0.39, 0.29) is 5.54 Å². The van der Waals surface area contributed by atoms with E-state index in [0.717, 1.165) is 6.54 Å². The highest BCUT2D eigenvalue weighted by Gasteiger charge is 2.13. The van der Waals surface area contributed by atoms with E-state index in [1.54, 1.807) is 12.1 Å². The summed E-state index contributed by atoms with van der Waals surface area (Å²) < 4.78 is 11.5. The molecule has 0 unspecified atom stereocenters. The topological polar surface area (TPSA) is 64.1 Å². The second kappa shape index (κ2) is 5.24. The highest BCUT2D eigenvalue weighted by Crippen LogP contribution is 2.23. The standard InChI is InChI=1S/C12H16BrN3O2/c1-12(2,3)14-7-6-10-15-16-11(18-10)8-4-5-9(13)17-8/h4-5,14H,6-7H2,1-3H3. The first-order chi connectivity index (χ1) is 8.44. The summed E-state index contributed by atoms with van der Waals surface area (Å²) in [5.74, 6) is 1.59. The van der Waals surface area contributed by atoms with Gasteiger partial charge in [-0.25, -0.2) is 0 Å². The monoisotopic (exact) mass is 313 g/mol. The Labute approximate surface area is 114 Å². The molecule has 2 heterocycles. The van der Waals surface area contributed by atoms with Crippen molar-refractivity contribution in [2.75, 3.05) is 6.54 Å². The Kier molecular flexibility index (Phi) is 3.87. The molecule has 0 aliphatic heterocycles. The van der Waals surface area contributed by atoms with E-state index in [4.69, 9.17) is 8.83 Å². The molecular weight excluding hydrogens is 298 g/mol. The zero-order chi connectivity index (χ0) is 13.2. The Morgan fingerprint density at radius 3 is 2.61 bits per heavy atom. The van der Waals surface area contributed by atoms with Gasteiger partial charge in [-0.15, -0.1) is 10.2 Å². The quantitative estimate of drug-likeness (QED) is 0.940. The summed E-state index contributed by atoms with van der Waals surface area (Å²) in [6.07, 6.45) is 0.701. The molecule has 98 valence electrons. The van der Waals surface area contributed by atoms with Crippen molar-refractivity contribution >= 4 is 15.9 Å². The molecule has 0 radical (unpaired) electrons. The van der Waals surface area contributed by atoms with E-state index in [0.29, 0.717) is 28.6 Å². The Bertz CT molecular complexity index is 513. The smallest absolute Gasteiger partial charge is 0.283 e. The van der Waals surface area contributed by atoms with Gasteiger partial charge in [0.15, 0.2) is 10.4 Å². The summed E-state index contributed by atoms with van der Waals surface area (Å²) in [4.78, 5) is 0. The number of nitrogens with zero attached hydrogens (tertiary/aromatic N) is 2. The fourth-order valence-corrected chi connectivity index (χ4v) is 1.73. The Balaban J connectivity index is 1.94. The normalized spacial score (nSPS) is 12.0. The van der Waals surface area contributed by atoms with Gasteiger partial charge >= 0.3 is 0 Å². The minimum atomic E-state index is 0.0920. The molecule has 2 rings (SSSR count). The van der Waals surface area contributed by atoms with Crippen LogP contribution in [0.25, 0.3) is 11.7 Å². The fourth-order valence-electron chi connectivity index (χ4n) is 1.43. The molecule has 0 atom stereocenters. The average molecular weight is 314 g/mol. The number of hydrogen-bond acceptors (Lipinski definition) is 5. The maximum atomic E-state index is 5.52. The lowest BCUT2D eigenvalue weighted by molar-refractivity contribution is 0.409. The largest absolute Gasteiger partial charge is 0.444 e. The van der Waals surface area contributed by atoms with Gasteiger partial charge in [-0.2, -0.15) is 0 Å². The van der Waals surface area contributed by atoms with Crippen LogP contribution in [0, 0.1) is 0 Å². The SMILES string of the molecule is CC(C)(C)NCCc1nnc(-c2ccc(Br)o2)o1. The second-order valence-corrected chi connectivity index (χ2v) is 5.81. The van der Waals surface area contributed by atoms with Gasteiger partial charge in [0.05, 0.1) is 0 Å². The second-order valence-electron chi connectivity index (χ2n) is 5.03. The molecular formula is C12H16BrN3O2. The zero-order valence-corrected chi connectivity index (χ0v) is 12.2. The van der Waals surface area contributed by atoms with Crippen LogP contribution in [0.2, 0.25) is 0 Å². The van der Waals surface area contributed by atoms with E-state index in [1.807, 2.05) is 0 Å². The molecule has 0 fully saturated rings. The van der Waals surface area contributed by atoms with Gasteiger partial charge in [-0.05, 0) is 48.8 Å². The van der Waals surface area contributed by atoms with Crippen molar-refractivity contribution in [1.82, 2.24) is 15.5 Å². The van der Waals surface area contributed by atoms with Crippen LogP contribution in [0.3, 0.4) is 0 Å². The Hall–Kier alpha value is -1.14. The van der Waals surface area contributed by atoms with Crippen molar-refractivity contribution in [1.29, 1.82) is 0 Å². The number of hydrogen-bond donors (Lipinski definition) is 1. The van der Waals surface area contributed by atoms with Gasteiger partial charge in [-0.3, -0.25) is 0 Å². The Morgan fingerprint density at radius 1 is 1.22 bits per heavy atom. The number of halogens is 1. The number of nitrogens with one attached hydrogen (secondary N) is 1. The number of rotatable bonds is 4. The third kappa shape index (κ3) is 3.68. The number of aromatic nitrogens is 2. The predicted octanol–water partition coefficient (Wildman–Crippen LogP) is 3.02. The van der Waals surface area contributed by atoms with Crippen LogP contribution in [-0.4, -0.2) is 22.3 Å². The van der Waals surface area contributed by atoms with Crippen molar-refractivity contribution in [2.45, 2.75) is 32.7 Å². The van der Waals surface area contributed by atoms with Gasteiger partial charge in [-0.1, -0.05) is 0 Å². The van der Waals surface area contributed by atoms with Crippen molar-refractivity contribution in [3.8, 4) is 11.7 Å². The zero-order valence-electron chi connectivity index (χ0n) is 10.7. The first-order valence-electron chi connectivity index (χ1n) is 5.77. The molecule has 0 aliphatic carbocycles. The van der Waals surface area contributed by atoms with E-state index in [1.165, 1.54) is 0 Å². The van der Waals surface area contributed by atoms with Crippen LogP contribution in [-0.2, 0) is 6.42 Å². The highest BCUT2D eigenvalue weighted by atomic mass is 79.9. The maximum Gasteiger partial charge on any atom is 0.283 e. The molecule has 0 bridgehead atoms. The molecule has 2 aromatic rings. The lowest BCUT2D eigenvalue weighted by atomic mass is 10.1. The van der Waals surface area contributed by atoms with Gasteiger partial charge in [0.1, 0.15) is 0 Å². The molecule has 0 aliphatic rings.